The van der Waals surface area contributed by atoms with Crippen LogP contribution < -0.4 is 20.3 Å². The van der Waals surface area contributed by atoms with Gasteiger partial charge in [0.25, 0.3) is 5.91 Å². The number of nitrogens with zero attached hydrogens (tertiary/aromatic N) is 7. The van der Waals surface area contributed by atoms with E-state index in [1.54, 1.807) is 23.1 Å². The molecule has 0 aliphatic carbocycles. The van der Waals surface area contributed by atoms with Crippen molar-refractivity contribution in [3.05, 3.63) is 77.8 Å². The minimum atomic E-state index is -0.740. The van der Waals surface area contributed by atoms with Gasteiger partial charge >= 0.3 is 0 Å². The first-order valence-corrected chi connectivity index (χ1v) is 16.5. The van der Waals surface area contributed by atoms with Gasteiger partial charge in [-0.1, -0.05) is 0 Å². The molecule has 11 nitrogen and oxygen atoms in total. The number of benzene rings is 1. The lowest BCUT2D eigenvalue weighted by Crippen LogP contribution is -2.65. The van der Waals surface area contributed by atoms with E-state index in [1.807, 2.05) is 25.1 Å². The second-order valence-electron chi connectivity index (χ2n) is 12.9. The molecule has 0 unspecified atom stereocenters. The van der Waals surface area contributed by atoms with Crippen molar-refractivity contribution >= 4 is 17.2 Å². The molecule has 48 heavy (non-hydrogen) atoms. The van der Waals surface area contributed by atoms with Crippen molar-refractivity contribution in [2.24, 2.45) is 0 Å². The molecule has 3 aliphatic rings. The molecule has 6 heterocycles. The van der Waals surface area contributed by atoms with Crippen molar-refractivity contribution in [1.82, 2.24) is 35.0 Å². The number of aromatic nitrogens is 3. The number of hydrogen-bond donors (Lipinski definition) is 2. The Kier molecular flexibility index (Phi) is 8.96. The first kappa shape index (κ1) is 31.9. The summed E-state index contributed by atoms with van der Waals surface area (Å²) in [7, 11) is 0. The van der Waals surface area contributed by atoms with Gasteiger partial charge in [0, 0.05) is 82.3 Å². The second kappa shape index (κ2) is 13.5. The van der Waals surface area contributed by atoms with E-state index < -0.39 is 23.1 Å². The Labute approximate surface area is 278 Å². The van der Waals surface area contributed by atoms with Crippen LogP contribution in [-0.2, 0) is 0 Å². The molecular formula is C35H39F2N9O2. The summed E-state index contributed by atoms with van der Waals surface area (Å²) in [6.45, 7) is 10.0. The highest BCUT2D eigenvalue weighted by molar-refractivity contribution is 5.95. The standard InChI is InChI=1S/C35H39F2N9O2/c1-2-48-28-16-29(33-25(17-38)19-41-46(33)22-28)24-3-6-32(40-18-24)45-9-7-35(8-10-45,42-34(47)30-15-26(36)4-5-31(30)37)23-43-11-13-44(14-12-43)27-20-39-21-27/h3-6,15-16,18-19,22,27,39H,2,7-14,20-21,23H2,1H3,(H,42,47). The summed E-state index contributed by atoms with van der Waals surface area (Å²) >= 11 is 0. The summed E-state index contributed by atoms with van der Waals surface area (Å²) in [4.78, 5) is 25.3. The lowest BCUT2D eigenvalue weighted by molar-refractivity contribution is 0.0495. The Morgan fingerprint density at radius 1 is 1.08 bits per heavy atom. The van der Waals surface area contributed by atoms with Crippen molar-refractivity contribution in [1.29, 1.82) is 5.26 Å². The fourth-order valence-corrected chi connectivity index (χ4v) is 7.09. The third-order valence-corrected chi connectivity index (χ3v) is 9.88. The number of piperidine rings is 1. The van der Waals surface area contributed by atoms with Gasteiger partial charge in [-0.3, -0.25) is 14.6 Å². The fourth-order valence-electron chi connectivity index (χ4n) is 7.09. The van der Waals surface area contributed by atoms with E-state index in [0.717, 1.165) is 74.4 Å². The SMILES string of the molecule is CCOc1cc(-c2ccc(N3CCC(CN4CCN(C5CNC5)CC4)(NC(=O)c4cc(F)ccc4F)CC3)nc2)c2c(C#N)cnn2c1. The number of anilines is 1. The van der Waals surface area contributed by atoms with Crippen LogP contribution in [0.3, 0.4) is 0 Å². The Bertz CT molecular complexity index is 1820. The number of pyridine rings is 2. The van der Waals surface area contributed by atoms with Crippen LogP contribution in [0.2, 0.25) is 0 Å². The Morgan fingerprint density at radius 3 is 2.54 bits per heavy atom. The molecule has 3 fully saturated rings. The molecule has 0 radical (unpaired) electrons. The highest BCUT2D eigenvalue weighted by Crippen LogP contribution is 2.33. The highest BCUT2D eigenvalue weighted by atomic mass is 19.1. The van der Waals surface area contributed by atoms with Gasteiger partial charge in [0.15, 0.2) is 0 Å². The number of nitriles is 1. The molecule has 3 saturated heterocycles. The van der Waals surface area contributed by atoms with Crippen molar-refractivity contribution in [3.63, 3.8) is 0 Å². The summed E-state index contributed by atoms with van der Waals surface area (Å²) < 4.78 is 36.1. The van der Waals surface area contributed by atoms with Crippen molar-refractivity contribution in [3.8, 4) is 22.9 Å². The predicted octanol–water partition coefficient (Wildman–Crippen LogP) is 3.30. The van der Waals surface area contributed by atoms with Gasteiger partial charge in [-0.2, -0.15) is 10.4 Å². The maximum absolute atomic E-state index is 14.6. The molecule has 1 aromatic carbocycles. The van der Waals surface area contributed by atoms with E-state index in [0.29, 0.717) is 62.0 Å². The number of piperazine rings is 1. The molecule has 1 amide bonds. The largest absolute Gasteiger partial charge is 0.492 e. The van der Waals surface area contributed by atoms with Gasteiger partial charge in [0.05, 0.1) is 41.2 Å². The van der Waals surface area contributed by atoms with Crippen LogP contribution >= 0.6 is 0 Å². The van der Waals surface area contributed by atoms with Crippen molar-refractivity contribution in [2.45, 2.75) is 31.3 Å². The number of nitrogens with one attached hydrogen (secondary N) is 2. The van der Waals surface area contributed by atoms with Crippen LogP contribution in [0.4, 0.5) is 14.6 Å². The van der Waals surface area contributed by atoms with E-state index in [4.69, 9.17) is 9.72 Å². The average Bonchev–Trinajstić information content (AvgIpc) is 3.49. The van der Waals surface area contributed by atoms with E-state index in [1.165, 1.54) is 0 Å². The molecule has 0 spiro atoms. The fraction of sp³-hybridized carbons (Fsp3) is 0.429. The Morgan fingerprint density at radius 2 is 1.88 bits per heavy atom. The molecule has 2 N–H and O–H groups in total. The zero-order chi connectivity index (χ0) is 33.3. The number of amides is 1. The first-order valence-electron chi connectivity index (χ1n) is 16.5. The molecule has 4 aromatic rings. The molecule has 250 valence electrons. The molecule has 0 bridgehead atoms. The number of halogens is 2. The predicted molar refractivity (Wildman–Crippen MR) is 177 cm³/mol. The topological polar surface area (TPSA) is 114 Å². The first-order chi connectivity index (χ1) is 23.3. The van der Waals surface area contributed by atoms with Gasteiger partial charge < -0.3 is 20.3 Å². The highest BCUT2D eigenvalue weighted by Gasteiger charge is 2.40. The zero-order valence-electron chi connectivity index (χ0n) is 27.0. The van der Waals surface area contributed by atoms with Crippen molar-refractivity contribution < 1.29 is 18.3 Å². The number of rotatable bonds is 9. The number of fused-ring (bicyclic) bond motifs is 1. The minimum absolute atomic E-state index is 0.281. The summed E-state index contributed by atoms with van der Waals surface area (Å²) in [5.74, 6) is -0.548. The van der Waals surface area contributed by atoms with Crippen molar-refractivity contribution in [2.75, 3.05) is 70.4 Å². The maximum atomic E-state index is 14.6. The summed E-state index contributed by atoms with van der Waals surface area (Å²) in [6.07, 6.45) is 6.33. The van der Waals surface area contributed by atoms with Gasteiger partial charge in [-0.05, 0) is 56.2 Å². The molecular weight excluding hydrogens is 616 g/mol. The van der Waals surface area contributed by atoms with Crippen LogP contribution in [0.5, 0.6) is 5.75 Å². The maximum Gasteiger partial charge on any atom is 0.254 e. The second-order valence-corrected chi connectivity index (χ2v) is 12.9. The van der Waals surface area contributed by atoms with Crippen LogP contribution in [0, 0.1) is 23.0 Å². The van der Waals surface area contributed by atoms with E-state index in [-0.39, 0.29) is 5.56 Å². The van der Waals surface area contributed by atoms with Crippen LogP contribution in [0.15, 0.2) is 55.0 Å². The molecule has 7 rings (SSSR count). The number of hydrogen-bond acceptors (Lipinski definition) is 9. The smallest absolute Gasteiger partial charge is 0.254 e. The lowest BCUT2D eigenvalue weighted by atomic mass is 9.85. The molecule has 13 heteroatoms. The minimum Gasteiger partial charge on any atom is -0.492 e. The van der Waals surface area contributed by atoms with Crippen LogP contribution in [0.1, 0.15) is 35.7 Å². The number of ether oxygens (including phenoxy) is 1. The molecule has 0 atom stereocenters. The quantitative estimate of drug-likeness (QED) is 0.281. The summed E-state index contributed by atoms with van der Waals surface area (Å²) in [5.41, 5.74) is 1.88. The van der Waals surface area contributed by atoms with E-state index in [2.05, 4.69) is 36.5 Å². The third kappa shape index (κ3) is 6.43. The van der Waals surface area contributed by atoms with Gasteiger partial charge in [-0.15, -0.1) is 0 Å². The summed E-state index contributed by atoms with van der Waals surface area (Å²) in [6, 6.07) is 11.6. The average molecular weight is 656 g/mol. The molecule has 0 saturated carbocycles. The Balaban J connectivity index is 1.09. The zero-order valence-corrected chi connectivity index (χ0v) is 27.0. The lowest BCUT2D eigenvalue weighted by Gasteiger charge is -2.48. The van der Waals surface area contributed by atoms with Gasteiger partial charge in [-0.25, -0.2) is 18.3 Å². The van der Waals surface area contributed by atoms with Crippen LogP contribution in [0.25, 0.3) is 16.6 Å². The monoisotopic (exact) mass is 655 g/mol. The Hall–Kier alpha value is -4.64. The third-order valence-electron chi connectivity index (χ3n) is 9.88. The van der Waals surface area contributed by atoms with Crippen LogP contribution in [-0.4, -0.2) is 107 Å². The number of carbonyl (C=O) groups is 1. The van der Waals surface area contributed by atoms with Gasteiger partial charge in [0.2, 0.25) is 0 Å². The van der Waals surface area contributed by atoms with E-state index in [9.17, 15) is 18.8 Å². The molecule has 3 aliphatic heterocycles. The van der Waals surface area contributed by atoms with E-state index >= 15 is 0 Å². The van der Waals surface area contributed by atoms with Gasteiger partial charge in [0.1, 0.15) is 29.3 Å². The number of carbonyl (C=O) groups excluding carboxylic acids is 1. The summed E-state index contributed by atoms with van der Waals surface area (Å²) in [5, 5.41) is 20.5. The normalized spacial score (nSPS) is 18.8. The molecule has 3 aromatic heterocycles.